The molecule has 0 heterocycles. The Kier molecular flexibility index (Phi) is 3.67. The summed E-state index contributed by atoms with van der Waals surface area (Å²) in [6.45, 7) is 1.77. The van der Waals surface area contributed by atoms with Crippen LogP contribution in [0.3, 0.4) is 0 Å². The second-order valence-electron chi connectivity index (χ2n) is 5.38. The molecule has 1 aliphatic rings. The van der Waals surface area contributed by atoms with Crippen molar-refractivity contribution in [3.8, 4) is 23.0 Å². The molecule has 0 radical (unpaired) electrons. The summed E-state index contributed by atoms with van der Waals surface area (Å²) in [5.41, 5.74) is 1.26. The maximum absolute atomic E-state index is 13.1. The topological polar surface area (TPSA) is 82.1 Å². The minimum atomic E-state index is -0.456. The molecule has 124 valence electrons. The fraction of sp³-hybridized carbons (Fsp3) is 0.222. The molecular formula is C18H16O6. The van der Waals surface area contributed by atoms with Gasteiger partial charge in [-0.15, -0.1) is 0 Å². The molecule has 1 aliphatic carbocycles. The minimum Gasteiger partial charge on any atom is -0.504 e. The summed E-state index contributed by atoms with van der Waals surface area (Å²) >= 11 is 0. The molecule has 6 nitrogen and oxygen atoms in total. The Morgan fingerprint density at radius 1 is 0.792 bits per heavy atom. The number of benzene rings is 2. The van der Waals surface area contributed by atoms with Crippen LogP contribution in [0.25, 0.3) is 0 Å². The summed E-state index contributed by atoms with van der Waals surface area (Å²) in [6, 6.07) is 4.36. The normalized spacial score (nSPS) is 12.5. The van der Waals surface area contributed by atoms with Gasteiger partial charge in [-0.25, -0.2) is 0 Å². The lowest BCUT2D eigenvalue weighted by molar-refractivity contribution is 0.0972. The average molecular weight is 328 g/mol. The summed E-state index contributed by atoms with van der Waals surface area (Å²) in [5, 5.41) is 9.95. The van der Waals surface area contributed by atoms with Gasteiger partial charge < -0.3 is 19.3 Å². The Morgan fingerprint density at radius 3 is 1.96 bits per heavy atom. The molecular weight excluding hydrogens is 312 g/mol. The molecule has 0 bridgehead atoms. The predicted molar refractivity (Wildman–Crippen MR) is 85.8 cm³/mol. The van der Waals surface area contributed by atoms with Crippen molar-refractivity contribution in [2.75, 3.05) is 21.3 Å². The van der Waals surface area contributed by atoms with Gasteiger partial charge in [0, 0.05) is 11.1 Å². The monoisotopic (exact) mass is 328 g/mol. The zero-order chi connectivity index (χ0) is 17.6. The van der Waals surface area contributed by atoms with Gasteiger partial charge in [0.05, 0.1) is 32.5 Å². The number of methoxy groups -OCH3 is 3. The van der Waals surface area contributed by atoms with Crippen LogP contribution in [0.2, 0.25) is 0 Å². The first-order chi connectivity index (χ1) is 11.5. The van der Waals surface area contributed by atoms with Crippen molar-refractivity contribution in [3.63, 3.8) is 0 Å². The van der Waals surface area contributed by atoms with E-state index in [1.54, 1.807) is 13.0 Å². The Bertz CT molecular complexity index is 882. The highest BCUT2D eigenvalue weighted by atomic mass is 16.5. The summed E-state index contributed by atoms with van der Waals surface area (Å²) in [6.07, 6.45) is 0. The third kappa shape index (κ3) is 1.96. The van der Waals surface area contributed by atoms with Crippen molar-refractivity contribution in [3.05, 3.63) is 46.0 Å². The van der Waals surface area contributed by atoms with Crippen molar-refractivity contribution in [1.29, 1.82) is 0 Å². The lowest BCUT2D eigenvalue weighted by Gasteiger charge is -2.23. The molecule has 0 aromatic heterocycles. The maximum atomic E-state index is 13.1. The highest BCUT2D eigenvalue weighted by molar-refractivity contribution is 6.30. The first-order valence-corrected chi connectivity index (χ1v) is 7.21. The van der Waals surface area contributed by atoms with E-state index in [4.69, 9.17) is 14.2 Å². The molecule has 0 aliphatic heterocycles. The standard InChI is InChI=1S/C18H16O6/c1-8-7-10-13(18(24-4)16(8)22-2)15(21)12-9(14(10)20)5-6-11(19)17(12)23-3/h5-7,19H,1-4H3. The number of phenolic OH excluding ortho intramolecular Hbond substituents is 1. The van der Waals surface area contributed by atoms with Crippen LogP contribution in [0, 0.1) is 6.92 Å². The Balaban J connectivity index is 2.41. The zero-order valence-corrected chi connectivity index (χ0v) is 13.7. The average Bonchev–Trinajstić information content (AvgIpc) is 2.58. The predicted octanol–water partition coefficient (Wildman–Crippen LogP) is 2.50. The lowest BCUT2D eigenvalue weighted by atomic mass is 9.82. The Morgan fingerprint density at radius 2 is 1.38 bits per heavy atom. The first kappa shape index (κ1) is 15.9. The highest BCUT2D eigenvalue weighted by Crippen LogP contribution is 2.45. The number of aryl methyl sites for hydroxylation is 1. The molecule has 0 unspecified atom stereocenters. The number of phenols is 1. The molecule has 0 saturated carbocycles. The van der Waals surface area contributed by atoms with Crippen molar-refractivity contribution in [2.24, 2.45) is 0 Å². The molecule has 24 heavy (non-hydrogen) atoms. The van der Waals surface area contributed by atoms with E-state index in [9.17, 15) is 14.7 Å². The molecule has 0 amide bonds. The first-order valence-electron chi connectivity index (χ1n) is 7.21. The van der Waals surface area contributed by atoms with Crippen molar-refractivity contribution in [1.82, 2.24) is 0 Å². The van der Waals surface area contributed by atoms with Gasteiger partial charge in [0.15, 0.2) is 28.8 Å². The van der Waals surface area contributed by atoms with E-state index in [1.165, 1.54) is 33.5 Å². The second kappa shape index (κ2) is 5.56. The fourth-order valence-electron chi connectivity index (χ4n) is 3.09. The van der Waals surface area contributed by atoms with E-state index in [0.29, 0.717) is 11.3 Å². The number of rotatable bonds is 3. The van der Waals surface area contributed by atoms with E-state index >= 15 is 0 Å². The number of hydrogen-bond donors (Lipinski definition) is 1. The highest BCUT2D eigenvalue weighted by Gasteiger charge is 2.37. The second-order valence-corrected chi connectivity index (χ2v) is 5.38. The van der Waals surface area contributed by atoms with Crippen LogP contribution >= 0.6 is 0 Å². The summed E-state index contributed by atoms with van der Waals surface area (Å²) in [4.78, 5) is 25.9. The fourth-order valence-corrected chi connectivity index (χ4v) is 3.09. The van der Waals surface area contributed by atoms with Crippen LogP contribution in [0.5, 0.6) is 23.0 Å². The minimum absolute atomic E-state index is 0.0270. The third-order valence-electron chi connectivity index (χ3n) is 4.11. The van der Waals surface area contributed by atoms with Crippen molar-refractivity contribution < 1.29 is 28.9 Å². The van der Waals surface area contributed by atoms with Crippen LogP contribution in [0.15, 0.2) is 18.2 Å². The molecule has 0 saturated heterocycles. The van der Waals surface area contributed by atoms with Gasteiger partial charge >= 0.3 is 0 Å². The zero-order valence-electron chi connectivity index (χ0n) is 13.7. The molecule has 3 rings (SSSR count). The Hall–Kier alpha value is -3.02. The molecule has 0 atom stereocenters. The molecule has 0 fully saturated rings. The van der Waals surface area contributed by atoms with E-state index in [2.05, 4.69) is 0 Å². The third-order valence-corrected chi connectivity index (χ3v) is 4.11. The Labute approximate surface area is 138 Å². The van der Waals surface area contributed by atoms with Gasteiger partial charge in [-0.2, -0.15) is 0 Å². The number of aromatic hydroxyl groups is 1. The number of ether oxygens (including phenoxy) is 3. The quantitative estimate of drug-likeness (QED) is 0.795. The molecule has 2 aromatic rings. The number of ketones is 2. The molecule has 2 aromatic carbocycles. The van der Waals surface area contributed by atoms with E-state index in [1.807, 2.05) is 0 Å². The van der Waals surface area contributed by atoms with Crippen LogP contribution in [-0.2, 0) is 0 Å². The van der Waals surface area contributed by atoms with E-state index < -0.39 is 5.78 Å². The van der Waals surface area contributed by atoms with Gasteiger partial charge in [0.1, 0.15) is 0 Å². The maximum Gasteiger partial charge on any atom is 0.202 e. The van der Waals surface area contributed by atoms with E-state index in [-0.39, 0.29) is 45.3 Å². The van der Waals surface area contributed by atoms with Gasteiger partial charge in [0.2, 0.25) is 5.78 Å². The van der Waals surface area contributed by atoms with Crippen LogP contribution in [0.4, 0.5) is 0 Å². The van der Waals surface area contributed by atoms with Gasteiger partial charge in [-0.3, -0.25) is 9.59 Å². The molecule has 1 N–H and O–H groups in total. The molecule has 0 spiro atoms. The molecule has 6 heteroatoms. The SMILES string of the molecule is COc1c(C)cc2c(c1OC)C(=O)c1c(ccc(O)c1OC)C2=O. The smallest absolute Gasteiger partial charge is 0.202 e. The van der Waals surface area contributed by atoms with E-state index in [0.717, 1.165) is 0 Å². The van der Waals surface area contributed by atoms with Gasteiger partial charge in [-0.1, -0.05) is 0 Å². The lowest BCUT2D eigenvalue weighted by Crippen LogP contribution is -2.23. The number of fused-ring (bicyclic) bond motifs is 2. The van der Waals surface area contributed by atoms with Gasteiger partial charge in [-0.05, 0) is 30.7 Å². The summed E-state index contributed by atoms with van der Waals surface area (Å²) < 4.78 is 15.8. The van der Waals surface area contributed by atoms with Crippen molar-refractivity contribution in [2.45, 2.75) is 6.92 Å². The van der Waals surface area contributed by atoms with Gasteiger partial charge in [0.25, 0.3) is 0 Å². The van der Waals surface area contributed by atoms with Crippen molar-refractivity contribution >= 4 is 11.6 Å². The van der Waals surface area contributed by atoms with Crippen LogP contribution < -0.4 is 14.2 Å². The summed E-state index contributed by atoms with van der Waals surface area (Å²) in [5.74, 6) is -0.441. The van der Waals surface area contributed by atoms with Crippen LogP contribution in [-0.4, -0.2) is 38.0 Å². The number of carbonyl (C=O) groups is 2. The van der Waals surface area contributed by atoms with Crippen LogP contribution in [0.1, 0.15) is 37.4 Å². The largest absolute Gasteiger partial charge is 0.504 e. The number of carbonyl (C=O) groups excluding carboxylic acids is 2. The number of hydrogen-bond acceptors (Lipinski definition) is 6. The summed E-state index contributed by atoms with van der Waals surface area (Å²) in [7, 11) is 4.20.